The van der Waals surface area contributed by atoms with Gasteiger partial charge in [0, 0.05) is 0 Å². The molecule has 0 rings (SSSR count). The average molecular weight is 251 g/mol. The summed E-state index contributed by atoms with van der Waals surface area (Å²) in [5.41, 5.74) is 0. The lowest BCUT2D eigenvalue weighted by Crippen LogP contribution is -1.81. The Morgan fingerprint density at radius 3 is 1.00 bits per heavy atom. The first kappa shape index (κ1) is 13.1. The molecule has 0 spiro atoms. The Morgan fingerprint density at radius 1 is 1.00 bits per heavy atom. The van der Waals surface area contributed by atoms with E-state index in [1.54, 1.807) is 0 Å². The van der Waals surface area contributed by atoms with Crippen LogP contribution in [0.15, 0.2) is 11.1 Å². The summed E-state index contributed by atoms with van der Waals surface area (Å²) in [7, 11) is 0. The van der Waals surface area contributed by atoms with Crippen LogP contribution >= 0.6 is 69.6 Å². The zero-order valence-corrected chi connectivity index (χ0v) is 8.51. The van der Waals surface area contributed by atoms with Gasteiger partial charge >= 0.3 is 0 Å². The maximum Gasteiger partial charge on any atom is 0.266 e. The lowest BCUT2D eigenvalue weighted by Gasteiger charge is -1.91. The van der Waals surface area contributed by atoms with Crippen molar-refractivity contribution in [3.8, 4) is 0 Å². The van der Waals surface area contributed by atoms with Crippen molar-refractivity contribution in [2.24, 2.45) is 0 Å². The van der Waals surface area contributed by atoms with Crippen LogP contribution < -0.4 is 0 Å². The third-order valence-electron chi connectivity index (χ3n) is 0. The van der Waals surface area contributed by atoms with Gasteiger partial charge in [0.1, 0.15) is 0 Å². The van der Waals surface area contributed by atoms with Crippen LogP contribution in [0.2, 0.25) is 0 Å². The van der Waals surface area contributed by atoms with E-state index < -0.39 is 3.25 Å². The Balaban J connectivity index is 0. The summed E-state index contributed by atoms with van der Waals surface area (Å²) in [6.07, 6.45) is 0. The Morgan fingerprint density at radius 2 is 1.00 bits per heavy atom. The third kappa shape index (κ3) is 242. The third-order valence-corrected chi connectivity index (χ3v) is 0. The van der Waals surface area contributed by atoms with E-state index in [9.17, 15) is 0 Å². The maximum absolute atomic E-state index is 4.85. The predicted molar refractivity (Wildman–Crippen MR) is 47.0 cm³/mol. The summed E-state index contributed by atoms with van der Waals surface area (Å²) in [6, 6.07) is 0. The lowest BCUT2D eigenvalue weighted by atomic mass is 11.3. The second-order valence-corrected chi connectivity index (χ2v) is 5.30. The normalized spacial score (nSPS) is 9.56. The van der Waals surface area contributed by atoms with Crippen molar-refractivity contribution >= 4 is 69.6 Å². The van der Waals surface area contributed by atoms with Gasteiger partial charge in [-0.2, -0.15) is 0 Å². The number of hydrogen-bond acceptors (Lipinski definition) is 0. The summed E-state index contributed by atoms with van der Waals surface area (Å²) in [5, 5.41) is 0. The van der Waals surface area contributed by atoms with Crippen molar-refractivity contribution in [3.63, 3.8) is 0 Å². The molecule has 0 heterocycles. The molecule has 0 aliphatic carbocycles. The summed E-state index contributed by atoms with van der Waals surface area (Å²) in [5.74, 6) is 0. The second kappa shape index (κ2) is 6.21. The van der Waals surface area contributed by atoms with Crippen LogP contribution in [0.4, 0.5) is 0 Å². The minimum absolute atomic E-state index is 0.111. The number of rotatable bonds is 0. The maximum atomic E-state index is 4.85. The summed E-state index contributed by atoms with van der Waals surface area (Å²) in [4.78, 5) is 0. The standard InChI is InChI=1S/C2H2Cl2.CCl4/c1-2(3)4;2-1(3,4)5/h1H2;. The zero-order valence-electron chi connectivity index (χ0n) is 3.97. The fourth-order valence-corrected chi connectivity index (χ4v) is 0. The molecule has 0 aromatic rings. The Bertz CT molecular complexity index is 70.8. The molecule has 0 aromatic carbocycles. The molecule has 0 atom stereocenters. The van der Waals surface area contributed by atoms with Gasteiger partial charge in [0.05, 0.1) is 4.49 Å². The smallest absolute Gasteiger partial charge is 0.0716 e. The van der Waals surface area contributed by atoms with Gasteiger partial charge in [-0.05, 0) is 0 Å². The quantitative estimate of drug-likeness (QED) is 0.556. The van der Waals surface area contributed by atoms with Crippen molar-refractivity contribution in [1.82, 2.24) is 0 Å². The summed E-state index contributed by atoms with van der Waals surface area (Å²) in [6.45, 7) is 3.09. The van der Waals surface area contributed by atoms with Crippen molar-refractivity contribution in [2.45, 2.75) is 3.25 Å². The van der Waals surface area contributed by atoms with Gasteiger partial charge in [-0.3, -0.25) is 0 Å². The molecule has 9 heavy (non-hydrogen) atoms. The van der Waals surface area contributed by atoms with Crippen LogP contribution in [0.1, 0.15) is 0 Å². The topological polar surface area (TPSA) is 0 Å². The highest BCUT2D eigenvalue weighted by molar-refractivity contribution is 6.83. The lowest BCUT2D eigenvalue weighted by molar-refractivity contribution is 1.76. The molecular weight excluding hydrogens is 249 g/mol. The van der Waals surface area contributed by atoms with Crippen LogP contribution in [0.3, 0.4) is 0 Å². The van der Waals surface area contributed by atoms with E-state index in [2.05, 4.69) is 6.58 Å². The molecule has 6 heteroatoms. The predicted octanol–water partition coefficient (Wildman–Crippen LogP) is 4.49. The van der Waals surface area contributed by atoms with Gasteiger partial charge < -0.3 is 0 Å². The highest BCUT2D eigenvalue weighted by Gasteiger charge is 2.11. The molecule has 0 saturated carbocycles. The van der Waals surface area contributed by atoms with E-state index in [4.69, 9.17) is 69.6 Å². The van der Waals surface area contributed by atoms with Crippen LogP contribution in [-0.4, -0.2) is 3.25 Å². The summed E-state index contributed by atoms with van der Waals surface area (Å²) < 4.78 is -1.50. The molecular formula is C3H2Cl6. The SMILES string of the molecule is C=C(Cl)Cl.ClC(Cl)(Cl)Cl. The molecule has 0 fully saturated rings. The van der Waals surface area contributed by atoms with E-state index in [0.717, 1.165) is 0 Å². The highest BCUT2D eigenvalue weighted by Crippen LogP contribution is 2.29. The first-order valence-corrected chi connectivity index (χ1v) is 3.76. The van der Waals surface area contributed by atoms with Crippen LogP contribution in [0.25, 0.3) is 0 Å². The van der Waals surface area contributed by atoms with Crippen molar-refractivity contribution in [2.75, 3.05) is 0 Å². The van der Waals surface area contributed by atoms with Gasteiger partial charge in [-0.15, -0.1) is 0 Å². The Hall–Kier alpha value is 1.48. The monoisotopic (exact) mass is 248 g/mol. The van der Waals surface area contributed by atoms with Crippen LogP contribution in [0, 0.1) is 0 Å². The van der Waals surface area contributed by atoms with Gasteiger partial charge in [0.2, 0.25) is 0 Å². The van der Waals surface area contributed by atoms with Crippen LogP contribution in [-0.2, 0) is 0 Å². The molecule has 0 aromatic heterocycles. The van der Waals surface area contributed by atoms with Crippen LogP contribution in [0.5, 0.6) is 0 Å². The molecule has 0 aliphatic heterocycles. The van der Waals surface area contributed by atoms with Crippen molar-refractivity contribution in [3.05, 3.63) is 11.1 Å². The highest BCUT2D eigenvalue weighted by atomic mass is 35.6. The van der Waals surface area contributed by atoms with E-state index in [-0.39, 0.29) is 4.49 Å². The molecule has 0 unspecified atom stereocenters. The largest absolute Gasteiger partial charge is 0.266 e. The fraction of sp³-hybridized carbons (Fsp3) is 0.333. The first-order valence-electron chi connectivity index (χ1n) is 1.49. The number of hydrogen-bond donors (Lipinski definition) is 0. The minimum Gasteiger partial charge on any atom is -0.0716 e. The summed E-state index contributed by atoms with van der Waals surface area (Å²) >= 11 is 29.0. The van der Waals surface area contributed by atoms with Gasteiger partial charge in [-0.25, -0.2) is 0 Å². The molecule has 0 nitrogen and oxygen atoms in total. The number of alkyl halides is 4. The Labute approximate surface area is 83.6 Å². The Kier molecular flexibility index (Phi) is 9.03. The zero-order chi connectivity index (χ0) is 8.08. The average Bonchev–Trinajstić information content (AvgIpc) is 1.19. The van der Waals surface area contributed by atoms with Crippen molar-refractivity contribution < 1.29 is 0 Å². The van der Waals surface area contributed by atoms with E-state index >= 15 is 0 Å². The van der Waals surface area contributed by atoms with Gasteiger partial charge in [0.25, 0.3) is 3.25 Å². The van der Waals surface area contributed by atoms with Gasteiger partial charge in [-0.1, -0.05) is 76.2 Å². The molecule has 0 saturated heterocycles. The van der Waals surface area contributed by atoms with E-state index in [1.807, 2.05) is 0 Å². The van der Waals surface area contributed by atoms with Gasteiger partial charge in [0.15, 0.2) is 0 Å². The molecule has 0 bridgehead atoms. The fourth-order valence-electron chi connectivity index (χ4n) is 0. The van der Waals surface area contributed by atoms with E-state index in [1.165, 1.54) is 0 Å². The second-order valence-electron chi connectivity index (χ2n) is 0.767. The first-order chi connectivity index (χ1) is 3.73. The molecule has 0 radical (unpaired) electrons. The number of halogens is 6. The molecule has 0 amide bonds. The molecule has 0 N–H and O–H groups in total. The molecule has 0 aliphatic rings. The van der Waals surface area contributed by atoms with Crippen molar-refractivity contribution in [1.29, 1.82) is 0 Å². The molecule has 56 valence electrons. The minimum atomic E-state index is -1.61. The van der Waals surface area contributed by atoms with E-state index in [0.29, 0.717) is 0 Å².